The summed E-state index contributed by atoms with van der Waals surface area (Å²) in [6.45, 7) is 6.28. The van der Waals surface area contributed by atoms with Gasteiger partial charge in [-0.05, 0) is 87.3 Å². The van der Waals surface area contributed by atoms with Gasteiger partial charge in [0, 0.05) is 7.05 Å². The van der Waals surface area contributed by atoms with Crippen LogP contribution in [0.1, 0.15) is 44.7 Å². The molecule has 2 N–H and O–H groups in total. The highest BCUT2D eigenvalue weighted by atomic mass is 79.9. The Hall–Kier alpha value is -3.24. The lowest BCUT2D eigenvalue weighted by Gasteiger charge is -2.27. The average Bonchev–Trinajstić information content (AvgIpc) is 3.02. The average molecular weight is 603 g/mol. The van der Waals surface area contributed by atoms with E-state index in [1.165, 1.54) is 36.2 Å². The largest absolute Gasteiger partial charge is 0.379 e. The van der Waals surface area contributed by atoms with E-state index < -0.39 is 27.4 Å². The summed E-state index contributed by atoms with van der Waals surface area (Å²) in [4.78, 5) is 19.2. The monoisotopic (exact) mass is 601 g/mol. The molecule has 0 spiro atoms. The van der Waals surface area contributed by atoms with Crippen molar-refractivity contribution in [1.29, 1.82) is 0 Å². The molecular weight excluding hydrogens is 573 g/mol. The third-order valence-corrected chi connectivity index (χ3v) is 8.96. The van der Waals surface area contributed by atoms with Crippen LogP contribution in [0.3, 0.4) is 0 Å². The summed E-state index contributed by atoms with van der Waals surface area (Å²) in [5.41, 5.74) is 6.27. The number of nitrogens with two attached hydrogens (primary N) is 1. The van der Waals surface area contributed by atoms with Crippen LogP contribution in [0.2, 0.25) is 0 Å². The van der Waals surface area contributed by atoms with E-state index in [1.807, 2.05) is 0 Å². The van der Waals surface area contributed by atoms with Crippen molar-refractivity contribution in [3.8, 4) is 0 Å². The second-order valence-corrected chi connectivity index (χ2v) is 12.2. The van der Waals surface area contributed by atoms with Crippen LogP contribution in [0.4, 0.5) is 4.39 Å². The van der Waals surface area contributed by atoms with Gasteiger partial charge in [0.25, 0.3) is 5.91 Å². The zero-order valence-corrected chi connectivity index (χ0v) is 23.9. The molecule has 0 saturated heterocycles. The maximum atomic E-state index is 14.0. The fourth-order valence-corrected chi connectivity index (χ4v) is 5.62. The number of nitrogens with zero attached hydrogens (tertiary/aromatic N) is 2. The van der Waals surface area contributed by atoms with E-state index in [9.17, 15) is 17.6 Å². The van der Waals surface area contributed by atoms with Gasteiger partial charge in [0.15, 0.2) is 11.5 Å². The number of aliphatic imine (C=N–C) groups is 1. The van der Waals surface area contributed by atoms with Gasteiger partial charge in [-0.3, -0.25) is 9.69 Å². The molecule has 7 nitrogen and oxygen atoms in total. The highest BCUT2D eigenvalue weighted by Crippen LogP contribution is 2.42. The van der Waals surface area contributed by atoms with Gasteiger partial charge in [-0.1, -0.05) is 51.1 Å². The van der Waals surface area contributed by atoms with Gasteiger partial charge in [-0.15, -0.1) is 0 Å². The summed E-state index contributed by atoms with van der Waals surface area (Å²) in [6, 6.07) is 10.9. The van der Waals surface area contributed by atoms with Crippen molar-refractivity contribution in [2.45, 2.75) is 49.5 Å². The normalized spacial score (nSPS) is 20.1. The number of carbonyl (C=O) groups excluding carboxylic acids is 1. The lowest BCUT2D eigenvalue weighted by atomic mass is 9.81. The number of carbonyl (C=O) groups is 1. The van der Waals surface area contributed by atoms with Crippen LogP contribution < -0.4 is 5.73 Å². The number of hydrogen-bond donors (Lipinski definition) is 1. The van der Waals surface area contributed by atoms with Crippen LogP contribution in [-0.4, -0.2) is 32.2 Å². The standard InChI is InChI=1S/C28H29BrFN3O4S/c1-5-27(2,3)18-10-14-22(15-11-18)38(35,36)37-21-8-6-7-19(9-13-21)28(25(34)33(4)26(31)32-28)20-12-16-24(30)23(29)17-20/h7-17H,5-6H2,1-4H3,(H2,31,32). The van der Waals surface area contributed by atoms with Gasteiger partial charge in [0.1, 0.15) is 16.5 Å². The molecular formula is C28H29BrFN3O4S. The quantitative estimate of drug-likeness (QED) is 0.426. The maximum absolute atomic E-state index is 14.0. The molecule has 1 amide bonds. The number of amides is 1. The highest BCUT2D eigenvalue weighted by molar-refractivity contribution is 9.10. The molecule has 2 aromatic rings. The maximum Gasteiger partial charge on any atom is 0.339 e. The van der Waals surface area contributed by atoms with E-state index in [0.717, 1.165) is 12.0 Å². The number of allylic oxidation sites excluding steroid dienone is 3. The van der Waals surface area contributed by atoms with Gasteiger partial charge < -0.3 is 9.92 Å². The number of likely N-dealkylation sites (N-methyl/N-ethyl adjacent to an activating group) is 1. The zero-order chi connectivity index (χ0) is 27.9. The summed E-state index contributed by atoms with van der Waals surface area (Å²) in [5, 5.41) is 0. The number of hydrogen-bond acceptors (Lipinski definition) is 6. The van der Waals surface area contributed by atoms with Crippen molar-refractivity contribution in [1.82, 2.24) is 4.90 Å². The molecule has 0 radical (unpaired) electrons. The van der Waals surface area contributed by atoms with Gasteiger partial charge >= 0.3 is 10.1 Å². The molecule has 1 aliphatic carbocycles. The SMILES string of the molecule is CCC(C)(C)c1ccc(S(=O)(=O)OC2=CCC=C(C3(c4ccc(F)c(Br)c4)N=C(N)N(C)C3=O)C=C2)cc1. The van der Waals surface area contributed by atoms with Crippen molar-refractivity contribution in [3.05, 3.63) is 99.5 Å². The summed E-state index contributed by atoms with van der Waals surface area (Å²) in [5.74, 6) is -0.800. The van der Waals surface area contributed by atoms with E-state index in [-0.39, 0.29) is 32.9 Å². The van der Waals surface area contributed by atoms with Crippen molar-refractivity contribution in [2.75, 3.05) is 7.05 Å². The number of halogens is 2. The molecule has 1 heterocycles. The molecule has 10 heteroatoms. The molecule has 0 saturated carbocycles. The first-order valence-corrected chi connectivity index (χ1v) is 14.2. The van der Waals surface area contributed by atoms with Gasteiger partial charge in [0.05, 0.1) is 4.47 Å². The van der Waals surface area contributed by atoms with Crippen molar-refractivity contribution < 1.29 is 21.8 Å². The minimum Gasteiger partial charge on any atom is -0.379 e. The Morgan fingerprint density at radius 2 is 1.84 bits per heavy atom. The topological polar surface area (TPSA) is 102 Å². The molecule has 38 heavy (non-hydrogen) atoms. The van der Waals surface area contributed by atoms with Crippen molar-refractivity contribution in [3.63, 3.8) is 0 Å². The predicted molar refractivity (Wildman–Crippen MR) is 148 cm³/mol. The molecule has 0 fully saturated rings. The first kappa shape index (κ1) is 27.8. The van der Waals surface area contributed by atoms with Gasteiger partial charge in [-0.2, -0.15) is 8.42 Å². The second-order valence-electron chi connectivity index (χ2n) is 9.81. The van der Waals surface area contributed by atoms with Crippen LogP contribution in [-0.2, 0) is 30.0 Å². The zero-order valence-electron chi connectivity index (χ0n) is 21.5. The van der Waals surface area contributed by atoms with Gasteiger partial charge in [-0.25, -0.2) is 9.38 Å². The number of guanidine groups is 1. The smallest absolute Gasteiger partial charge is 0.339 e. The first-order chi connectivity index (χ1) is 17.8. The predicted octanol–water partition coefficient (Wildman–Crippen LogP) is 5.43. The molecule has 1 aliphatic heterocycles. The first-order valence-electron chi connectivity index (χ1n) is 12.0. The van der Waals surface area contributed by atoms with Crippen LogP contribution in [0, 0.1) is 5.82 Å². The molecule has 1 atom stereocenters. The summed E-state index contributed by atoms with van der Waals surface area (Å²) in [7, 11) is -2.59. The molecule has 4 rings (SSSR count). The van der Waals surface area contributed by atoms with E-state index >= 15 is 0 Å². The Bertz CT molecular complexity index is 1510. The van der Waals surface area contributed by atoms with Gasteiger partial charge in [0.2, 0.25) is 0 Å². The highest BCUT2D eigenvalue weighted by Gasteiger charge is 2.50. The minimum atomic E-state index is -4.10. The van der Waals surface area contributed by atoms with Crippen LogP contribution >= 0.6 is 15.9 Å². The lowest BCUT2D eigenvalue weighted by molar-refractivity contribution is -0.129. The van der Waals surface area contributed by atoms with Crippen LogP contribution in [0.25, 0.3) is 0 Å². The van der Waals surface area contributed by atoms with Crippen LogP contribution in [0.15, 0.2) is 92.5 Å². The number of rotatable bonds is 7. The third-order valence-electron chi connectivity index (χ3n) is 7.09. The molecule has 2 aromatic carbocycles. The molecule has 2 aliphatic rings. The Morgan fingerprint density at radius 1 is 1.16 bits per heavy atom. The van der Waals surface area contributed by atoms with Crippen molar-refractivity contribution in [2.24, 2.45) is 10.7 Å². The molecule has 0 bridgehead atoms. The Kier molecular flexibility index (Phi) is 7.42. The second kappa shape index (κ2) is 10.1. The Balaban J connectivity index is 1.64. The fraction of sp³-hybridized carbons (Fsp3) is 0.286. The van der Waals surface area contributed by atoms with E-state index in [0.29, 0.717) is 11.1 Å². The molecule has 200 valence electrons. The summed E-state index contributed by atoms with van der Waals surface area (Å²) in [6.07, 6.45) is 7.56. The van der Waals surface area contributed by atoms with Crippen molar-refractivity contribution >= 4 is 37.9 Å². The minimum absolute atomic E-state index is 0.00991. The molecule has 0 aromatic heterocycles. The fourth-order valence-electron chi connectivity index (χ4n) is 4.30. The molecule has 1 unspecified atom stereocenters. The third kappa shape index (κ3) is 4.94. The van der Waals surface area contributed by atoms with E-state index in [2.05, 4.69) is 41.7 Å². The summed E-state index contributed by atoms with van der Waals surface area (Å²) < 4.78 is 45.7. The Labute approximate surface area is 230 Å². The lowest BCUT2D eigenvalue weighted by Crippen LogP contribution is -2.41. The van der Waals surface area contributed by atoms with E-state index in [4.69, 9.17) is 9.92 Å². The summed E-state index contributed by atoms with van der Waals surface area (Å²) >= 11 is 3.18. The van der Waals surface area contributed by atoms with E-state index in [1.54, 1.807) is 42.5 Å². The number of benzene rings is 2. The van der Waals surface area contributed by atoms with Crippen LogP contribution in [0.5, 0.6) is 0 Å². The Morgan fingerprint density at radius 3 is 2.42 bits per heavy atom.